The van der Waals surface area contributed by atoms with Gasteiger partial charge >= 0.3 is 0 Å². The molecule has 0 atom stereocenters. The van der Waals surface area contributed by atoms with E-state index in [2.05, 4.69) is 0 Å². The fourth-order valence-electron chi connectivity index (χ4n) is 0.796. The Balaban J connectivity index is 2.74. The van der Waals surface area contributed by atoms with Gasteiger partial charge in [0.15, 0.2) is 0 Å². The maximum atomic E-state index is 10.9. The summed E-state index contributed by atoms with van der Waals surface area (Å²) in [6.45, 7) is 0. The van der Waals surface area contributed by atoms with Crippen molar-refractivity contribution in [3.8, 4) is 0 Å². The standard InChI is InChI=1S/C7H8Cl2OS/c8-11(9,10)6-7-4-2-1-3-5-7/h1-5,11H,6H2. The van der Waals surface area contributed by atoms with E-state index in [9.17, 15) is 4.21 Å². The zero-order valence-corrected chi connectivity index (χ0v) is 8.11. The van der Waals surface area contributed by atoms with E-state index in [1.807, 2.05) is 30.3 Å². The zero-order valence-electron chi connectivity index (χ0n) is 5.71. The van der Waals surface area contributed by atoms with E-state index < -0.39 is 8.36 Å². The van der Waals surface area contributed by atoms with Crippen LogP contribution >= 0.6 is 21.4 Å². The molecule has 0 N–H and O–H groups in total. The molecule has 4 heteroatoms. The number of benzene rings is 1. The van der Waals surface area contributed by atoms with Crippen LogP contribution < -0.4 is 0 Å². The molecule has 0 aliphatic carbocycles. The van der Waals surface area contributed by atoms with Crippen LogP contribution in [0.2, 0.25) is 0 Å². The highest BCUT2D eigenvalue weighted by atomic mass is 36.0. The minimum atomic E-state index is -2.94. The van der Waals surface area contributed by atoms with Gasteiger partial charge in [0.05, 0.1) is 5.75 Å². The molecule has 0 radical (unpaired) electrons. The van der Waals surface area contributed by atoms with Crippen LogP contribution in [0.3, 0.4) is 0 Å². The quantitative estimate of drug-likeness (QED) is 0.587. The fraction of sp³-hybridized carbons (Fsp3) is 0.143. The molecule has 0 unspecified atom stereocenters. The summed E-state index contributed by atoms with van der Waals surface area (Å²) in [5.41, 5.74) is 0.904. The molecule has 0 aliphatic heterocycles. The Morgan fingerprint density at radius 1 is 1.18 bits per heavy atom. The molecular weight excluding hydrogens is 203 g/mol. The Hall–Kier alpha value is -0.0500. The SMILES string of the molecule is O=[SH](Cl)(Cl)Cc1ccccc1. The van der Waals surface area contributed by atoms with Gasteiger partial charge in [-0.15, -0.1) is 0 Å². The normalized spacial score (nSPS) is 12.9. The third-order valence-electron chi connectivity index (χ3n) is 1.21. The first-order valence-electron chi connectivity index (χ1n) is 3.10. The Bertz CT molecular complexity index is 267. The van der Waals surface area contributed by atoms with E-state index in [-0.39, 0.29) is 5.75 Å². The van der Waals surface area contributed by atoms with Crippen molar-refractivity contribution in [2.75, 3.05) is 0 Å². The highest BCUT2D eigenvalue weighted by Crippen LogP contribution is 2.21. The van der Waals surface area contributed by atoms with Crippen LogP contribution in [0.5, 0.6) is 0 Å². The number of hydrogen-bond acceptors (Lipinski definition) is 1. The second kappa shape index (κ2) is 3.57. The lowest BCUT2D eigenvalue weighted by molar-refractivity contribution is 0.688. The summed E-state index contributed by atoms with van der Waals surface area (Å²) < 4.78 is 10.9. The molecule has 0 amide bonds. The Kier molecular flexibility index (Phi) is 2.93. The van der Waals surface area contributed by atoms with Crippen molar-refractivity contribution in [2.24, 2.45) is 0 Å². The summed E-state index contributed by atoms with van der Waals surface area (Å²) in [5.74, 6) is 0.247. The summed E-state index contributed by atoms with van der Waals surface area (Å²) in [5, 5.41) is 0. The molecule has 0 saturated carbocycles. The van der Waals surface area contributed by atoms with E-state index in [1.165, 1.54) is 0 Å². The molecule has 1 aromatic rings. The Labute approximate surface area is 75.8 Å². The highest BCUT2D eigenvalue weighted by Gasteiger charge is 2.05. The molecule has 0 bridgehead atoms. The van der Waals surface area contributed by atoms with Gasteiger partial charge in [0.25, 0.3) is 0 Å². The smallest absolute Gasteiger partial charge is 0.0513 e. The fourth-order valence-corrected chi connectivity index (χ4v) is 2.26. The molecule has 62 valence electrons. The third kappa shape index (κ3) is 3.75. The molecule has 0 fully saturated rings. The molecule has 11 heavy (non-hydrogen) atoms. The first-order valence-corrected chi connectivity index (χ1v) is 6.80. The first-order chi connectivity index (χ1) is 5.08. The minimum absolute atomic E-state index is 0.247. The molecule has 1 aromatic carbocycles. The number of rotatable bonds is 2. The second-order valence-electron chi connectivity index (χ2n) is 2.21. The van der Waals surface area contributed by atoms with Crippen molar-refractivity contribution >= 4 is 29.7 Å². The van der Waals surface area contributed by atoms with E-state index in [0.29, 0.717) is 0 Å². The summed E-state index contributed by atoms with van der Waals surface area (Å²) in [7, 11) is 7.83. The summed E-state index contributed by atoms with van der Waals surface area (Å²) in [4.78, 5) is 0. The maximum absolute atomic E-state index is 10.9. The van der Waals surface area contributed by atoms with Crippen molar-refractivity contribution in [2.45, 2.75) is 5.75 Å². The van der Waals surface area contributed by atoms with Crippen molar-refractivity contribution in [1.29, 1.82) is 0 Å². The van der Waals surface area contributed by atoms with Gasteiger partial charge in [-0.1, -0.05) is 30.3 Å². The lowest BCUT2D eigenvalue weighted by atomic mass is 10.2. The largest absolute Gasteiger partial charge is 0.256 e. The van der Waals surface area contributed by atoms with Crippen LogP contribution in [0, 0.1) is 0 Å². The van der Waals surface area contributed by atoms with E-state index in [4.69, 9.17) is 21.4 Å². The summed E-state index contributed by atoms with van der Waals surface area (Å²) in [6.07, 6.45) is 0. The third-order valence-corrected chi connectivity index (χ3v) is 2.66. The monoisotopic (exact) mass is 210 g/mol. The predicted molar refractivity (Wildman–Crippen MR) is 51.4 cm³/mol. The lowest BCUT2D eigenvalue weighted by Crippen LogP contribution is -1.95. The van der Waals surface area contributed by atoms with Gasteiger partial charge in [-0.2, -0.15) is 0 Å². The highest BCUT2D eigenvalue weighted by molar-refractivity contribution is 8.39. The molecular formula is C7H8Cl2OS. The van der Waals surface area contributed by atoms with Gasteiger partial charge in [0, 0.05) is 8.36 Å². The van der Waals surface area contributed by atoms with Crippen LogP contribution in [0.25, 0.3) is 0 Å². The summed E-state index contributed by atoms with van der Waals surface area (Å²) >= 11 is 0. The van der Waals surface area contributed by atoms with Gasteiger partial charge in [-0.3, -0.25) is 4.21 Å². The van der Waals surface area contributed by atoms with Crippen molar-refractivity contribution in [3.63, 3.8) is 0 Å². The second-order valence-corrected chi connectivity index (χ2v) is 7.47. The van der Waals surface area contributed by atoms with E-state index in [0.717, 1.165) is 5.56 Å². The van der Waals surface area contributed by atoms with Gasteiger partial charge in [-0.05, 0) is 26.9 Å². The molecule has 0 spiro atoms. The first kappa shape index (κ1) is 9.04. The van der Waals surface area contributed by atoms with Gasteiger partial charge in [-0.25, -0.2) is 0 Å². The molecule has 1 rings (SSSR count). The zero-order chi connectivity index (χ0) is 8.32. The molecule has 0 heterocycles. The molecule has 0 saturated heterocycles. The molecule has 1 nitrogen and oxygen atoms in total. The van der Waals surface area contributed by atoms with Crippen LogP contribution in [0.1, 0.15) is 5.56 Å². The van der Waals surface area contributed by atoms with Crippen LogP contribution in [0.4, 0.5) is 0 Å². The van der Waals surface area contributed by atoms with Gasteiger partial charge in [0.2, 0.25) is 0 Å². The van der Waals surface area contributed by atoms with Gasteiger partial charge in [0.1, 0.15) is 0 Å². The predicted octanol–water partition coefficient (Wildman–Crippen LogP) is 2.51. The maximum Gasteiger partial charge on any atom is 0.0513 e. The van der Waals surface area contributed by atoms with E-state index >= 15 is 0 Å². The average Bonchev–Trinajstić information content (AvgIpc) is 1.85. The number of hydrogen-bond donors (Lipinski definition) is 1. The minimum Gasteiger partial charge on any atom is -0.256 e. The topological polar surface area (TPSA) is 17.1 Å². The van der Waals surface area contributed by atoms with Crippen LogP contribution in [-0.2, 0) is 14.1 Å². The van der Waals surface area contributed by atoms with Crippen molar-refractivity contribution in [3.05, 3.63) is 35.9 Å². The van der Waals surface area contributed by atoms with Crippen molar-refractivity contribution < 1.29 is 4.21 Å². The van der Waals surface area contributed by atoms with E-state index in [1.54, 1.807) is 0 Å². The van der Waals surface area contributed by atoms with Crippen LogP contribution in [-0.4, -0.2) is 4.21 Å². The number of halogens is 2. The average molecular weight is 211 g/mol. The molecule has 0 aromatic heterocycles. The van der Waals surface area contributed by atoms with Gasteiger partial charge < -0.3 is 0 Å². The summed E-state index contributed by atoms with van der Waals surface area (Å²) in [6, 6.07) is 9.29. The Morgan fingerprint density at radius 2 is 1.73 bits per heavy atom. The Morgan fingerprint density at radius 3 is 2.18 bits per heavy atom. The molecule has 0 aliphatic rings. The van der Waals surface area contributed by atoms with Crippen LogP contribution in [0.15, 0.2) is 30.3 Å². The lowest BCUT2D eigenvalue weighted by Gasteiger charge is -2.05. The van der Waals surface area contributed by atoms with Crippen molar-refractivity contribution in [1.82, 2.24) is 0 Å². The number of thiol groups is 1.